The number of aromatic nitrogens is 1. The van der Waals surface area contributed by atoms with Gasteiger partial charge in [0.05, 0.1) is 7.11 Å². The van der Waals surface area contributed by atoms with Gasteiger partial charge in [-0.2, -0.15) is 0 Å². The van der Waals surface area contributed by atoms with Crippen LogP contribution in [-0.4, -0.2) is 30.3 Å². The molecule has 0 aliphatic heterocycles. The van der Waals surface area contributed by atoms with Gasteiger partial charge in [-0.3, -0.25) is 14.6 Å². The van der Waals surface area contributed by atoms with Gasteiger partial charge in [0.1, 0.15) is 34.4 Å². The summed E-state index contributed by atoms with van der Waals surface area (Å²) in [5, 5.41) is 2.30. The number of hydrogen-bond acceptors (Lipinski definition) is 6. The van der Waals surface area contributed by atoms with Gasteiger partial charge >= 0.3 is 6.36 Å². The molecule has 178 valence electrons. The molecule has 0 fully saturated rings. The molecule has 0 atom stereocenters. The van der Waals surface area contributed by atoms with Crippen LogP contribution in [-0.2, 0) is 0 Å². The maximum atomic E-state index is 14.6. The van der Waals surface area contributed by atoms with Crippen LogP contribution in [0, 0.1) is 11.6 Å². The highest BCUT2D eigenvalue weighted by atomic mass is 19.4. The molecule has 0 radical (unpaired) electrons. The maximum Gasteiger partial charge on any atom is 0.573 e. The summed E-state index contributed by atoms with van der Waals surface area (Å²) in [6.45, 7) is 0. The van der Waals surface area contributed by atoms with Gasteiger partial charge in [0.25, 0.3) is 11.8 Å². The molecule has 1 heterocycles. The van der Waals surface area contributed by atoms with Crippen LogP contribution < -0.4 is 25.3 Å². The topological polar surface area (TPSA) is 113 Å². The molecule has 0 unspecified atom stereocenters. The summed E-state index contributed by atoms with van der Waals surface area (Å²) >= 11 is 0. The third-order valence-electron chi connectivity index (χ3n) is 4.10. The highest BCUT2D eigenvalue weighted by Gasteiger charge is 2.31. The van der Waals surface area contributed by atoms with E-state index in [1.54, 1.807) is 0 Å². The number of alkyl halides is 3. The lowest BCUT2D eigenvalue weighted by Gasteiger charge is -2.16. The van der Waals surface area contributed by atoms with Crippen molar-refractivity contribution in [3.05, 3.63) is 71.6 Å². The van der Waals surface area contributed by atoms with Crippen LogP contribution >= 0.6 is 0 Å². The number of amides is 2. The van der Waals surface area contributed by atoms with Crippen molar-refractivity contribution in [1.82, 2.24) is 4.98 Å². The summed E-state index contributed by atoms with van der Waals surface area (Å²) < 4.78 is 80.0. The van der Waals surface area contributed by atoms with E-state index >= 15 is 0 Å². The number of methoxy groups -OCH3 is 1. The van der Waals surface area contributed by atoms with Crippen molar-refractivity contribution in [2.75, 3.05) is 12.4 Å². The Morgan fingerprint density at radius 2 is 1.74 bits per heavy atom. The Kier molecular flexibility index (Phi) is 6.84. The Hall–Kier alpha value is -4.42. The molecule has 2 aromatic carbocycles. The molecule has 0 spiro atoms. The molecule has 0 aliphatic carbocycles. The van der Waals surface area contributed by atoms with Crippen LogP contribution in [0.5, 0.6) is 23.0 Å². The van der Waals surface area contributed by atoms with E-state index in [1.165, 1.54) is 12.3 Å². The molecule has 8 nitrogen and oxygen atoms in total. The molecule has 1 aromatic heterocycles. The van der Waals surface area contributed by atoms with E-state index in [1.807, 2.05) is 0 Å². The van der Waals surface area contributed by atoms with E-state index in [0.29, 0.717) is 12.1 Å². The van der Waals surface area contributed by atoms with Crippen molar-refractivity contribution in [2.24, 2.45) is 5.73 Å². The highest BCUT2D eigenvalue weighted by Crippen LogP contribution is 2.38. The molecule has 0 saturated heterocycles. The first-order valence-corrected chi connectivity index (χ1v) is 9.14. The van der Waals surface area contributed by atoms with Crippen LogP contribution in [0.2, 0.25) is 0 Å². The fourth-order valence-corrected chi connectivity index (χ4v) is 2.74. The standard InChI is InChI=1S/C21H14F5N3O5/c1-32-16-9-12(34-21(24,25)26)2-3-15(16)33-17-7-10(22)6-13(23)18(17)20(31)29-11-4-5-28-14(8-11)19(27)30/h2-9H,1H3,(H2,27,30)(H,28,29,31). The summed E-state index contributed by atoms with van der Waals surface area (Å²) in [4.78, 5) is 27.7. The molecule has 34 heavy (non-hydrogen) atoms. The number of halogens is 5. The lowest BCUT2D eigenvalue weighted by atomic mass is 10.1. The van der Waals surface area contributed by atoms with Gasteiger partial charge in [-0.1, -0.05) is 0 Å². The maximum absolute atomic E-state index is 14.6. The van der Waals surface area contributed by atoms with Gasteiger partial charge in [-0.05, 0) is 24.3 Å². The number of ether oxygens (including phenoxy) is 3. The monoisotopic (exact) mass is 483 g/mol. The lowest BCUT2D eigenvalue weighted by molar-refractivity contribution is -0.274. The number of benzene rings is 2. The summed E-state index contributed by atoms with van der Waals surface area (Å²) in [6, 6.07) is 6.24. The van der Waals surface area contributed by atoms with E-state index in [9.17, 15) is 31.5 Å². The third-order valence-corrected chi connectivity index (χ3v) is 4.10. The second kappa shape index (κ2) is 9.60. The Morgan fingerprint density at radius 3 is 2.38 bits per heavy atom. The largest absolute Gasteiger partial charge is 0.573 e. The van der Waals surface area contributed by atoms with Crippen LogP contribution in [0.4, 0.5) is 27.6 Å². The van der Waals surface area contributed by atoms with Crippen molar-refractivity contribution >= 4 is 17.5 Å². The molecule has 0 aliphatic rings. The van der Waals surface area contributed by atoms with Crippen molar-refractivity contribution in [3.8, 4) is 23.0 Å². The van der Waals surface area contributed by atoms with Crippen molar-refractivity contribution in [3.63, 3.8) is 0 Å². The number of primary amides is 1. The predicted octanol–water partition coefficient (Wildman–Crippen LogP) is 4.41. The Balaban J connectivity index is 1.95. The fourth-order valence-electron chi connectivity index (χ4n) is 2.74. The van der Waals surface area contributed by atoms with Gasteiger partial charge in [0, 0.05) is 30.1 Å². The molecule has 0 saturated carbocycles. The number of nitrogens with zero attached hydrogens (tertiary/aromatic N) is 1. The number of pyridine rings is 1. The zero-order valence-corrected chi connectivity index (χ0v) is 17.1. The number of nitrogens with one attached hydrogen (secondary N) is 1. The minimum atomic E-state index is -4.97. The zero-order valence-electron chi connectivity index (χ0n) is 17.1. The average molecular weight is 483 g/mol. The molecule has 2 amide bonds. The summed E-state index contributed by atoms with van der Waals surface area (Å²) in [6.07, 6.45) is -3.80. The first kappa shape index (κ1) is 24.2. The molecular weight excluding hydrogens is 469 g/mol. The van der Waals surface area contributed by atoms with E-state index in [2.05, 4.69) is 15.0 Å². The van der Waals surface area contributed by atoms with E-state index in [4.69, 9.17) is 15.2 Å². The van der Waals surface area contributed by atoms with Gasteiger partial charge in [0.2, 0.25) is 0 Å². The van der Waals surface area contributed by atoms with E-state index < -0.39 is 46.9 Å². The van der Waals surface area contributed by atoms with Gasteiger partial charge < -0.3 is 25.3 Å². The normalized spacial score (nSPS) is 11.0. The molecule has 13 heteroatoms. The predicted molar refractivity (Wildman–Crippen MR) is 107 cm³/mol. The molecular formula is C21H14F5N3O5. The van der Waals surface area contributed by atoms with Gasteiger partial charge in [0.15, 0.2) is 11.5 Å². The smallest absolute Gasteiger partial charge is 0.493 e. The number of carbonyl (C=O) groups excluding carboxylic acids is 2. The number of nitrogens with two attached hydrogens (primary N) is 1. The summed E-state index contributed by atoms with van der Waals surface area (Å²) in [5.41, 5.74) is 4.23. The Labute approximate surface area is 188 Å². The minimum Gasteiger partial charge on any atom is -0.493 e. The molecule has 0 bridgehead atoms. The second-order valence-electron chi connectivity index (χ2n) is 6.47. The van der Waals surface area contributed by atoms with Gasteiger partial charge in [-0.15, -0.1) is 13.2 Å². The second-order valence-corrected chi connectivity index (χ2v) is 6.47. The van der Waals surface area contributed by atoms with Gasteiger partial charge in [-0.25, -0.2) is 8.78 Å². The van der Waals surface area contributed by atoms with Crippen molar-refractivity contribution < 1.29 is 45.8 Å². The zero-order chi connectivity index (χ0) is 25.0. The number of rotatable bonds is 7. The number of anilines is 1. The molecule has 3 N–H and O–H groups in total. The first-order valence-electron chi connectivity index (χ1n) is 9.14. The average Bonchev–Trinajstić information content (AvgIpc) is 2.73. The quantitative estimate of drug-likeness (QED) is 0.482. The van der Waals surface area contributed by atoms with E-state index in [-0.39, 0.29) is 22.9 Å². The van der Waals surface area contributed by atoms with Crippen LogP contribution in [0.1, 0.15) is 20.8 Å². The van der Waals surface area contributed by atoms with Crippen LogP contribution in [0.3, 0.4) is 0 Å². The Morgan fingerprint density at radius 1 is 1.00 bits per heavy atom. The van der Waals surface area contributed by atoms with Crippen LogP contribution in [0.15, 0.2) is 48.7 Å². The molecule has 3 aromatic rings. The third kappa shape index (κ3) is 5.88. The van der Waals surface area contributed by atoms with Crippen molar-refractivity contribution in [2.45, 2.75) is 6.36 Å². The first-order chi connectivity index (χ1) is 16.0. The number of hydrogen-bond donors (Lipinski definition) is 2. The highest BCUT2D eigenvalue weighted by molar-refractivity contribution is 6.07. The van der Waals surface area contributed by atoms with Crippen LogP contribution in [0.25, 0.3) is 0 Å². The fraction of sp³-hybridized carbons (Fsp3) is 0.0952. The Bertz CT molecular complexity index is 1250. The minimum absolute atomic E-state index is 0.0229. The SMILES string of the molecule is COc1cc(OC(F)(F)F)ccc1Oc1cc(F)cc(F)c1C(=O)Nc1ccnc(C(N)=O)c1. The number of carbonyl (C=O) groups is 2. The molecule has 3 rings (SSSR count). The summed E-state index contributed by atoms with van der Waals surface area (Å²) in [7, 11) is 1.11. The summed E-state index contributed by atoms with van der Waals surface area (Å²) in [5.74, 6) is -6.16. The van der Waals surface area contributed by atoms with Crippen molar-refractivity contribution in [1.29, 1.82) is 0 Å². The van der Waals surface area contributed by atoms with E-state index in [0.717, 1.165) is 31.4 Å². The lowest BCUT2D eigenvalue weighted by Crippen LogP contribution is -2.17.